The van der Waals surface area contributed by atoms with Crippen molar-refractivity contribution >= 4 is 87.2 Å². The first kappa shape index (κ1) is 29.8. The first-order valence-corrected chi connectivity index (χ1v) is 20.0. The van der Waals surface area contributed by atoms with Gasteiger partial charge in [0.15, 0.2) is 0 Å². The van der Waals surface area contributed by atoms with E-state index in [9.17, 15) is 0 Å². The van der Waals surface area contributed by atoms with Crippen LogP contribution in [0.1, 0.15) is 32.8 Å². The van der Waals surface area contributed by atoms with Crippen LogP contribution in [0, 0.1) is 5.92 Å². The Morgan fingerprint density at radius 2 is 1.32 bits per heavy atom. The third-order valence-electron chi connectivity index (χ3n) is 11.7. The van der Waals surface area contributed by atoms with Gasteiger partial charge in [-0.2, -0.15) is 0 Å². The van der Waals surface area contributed by atoms with E-state index in [1.54, 1.807) is 0 Å². The molecule has 0 saturated carbocycles. The molecule has 5 heteroatoms. The SMILES string of the molecule is C1=CC2C(C3Nc4c(sc5ccccc45)C(c4ccccc4)N3)=Cc3sc4c(-n5c6ccccc6c6cc7ccccc7cc65)cccc4c3C2C=C1. The number of para-hydroxylation sites is 1. The van der Waals surface area contributed by atoms with Crippen LogP contribution < -0.4 is 10.6 Å². The fourth-order valence-electron chi connectivity index (χ4n) is 9.33. The first-order valence-electron chi connectivity index (χ1n) is 18.4. The number of nitrogens with one attached hydrogen (secondary N) is 2. The maximum atomic E-state index is 4.12. The molecule has 3 aromatic heterocycles. The van der Waals surface area contributed by atoms with Crippen molar-refractivity contribution in [2.24, 2.45) is 5.92 Å². The van der Waals surface area contributed by atoms with E-state index in [-0.39, 0.29) is 24.0 Å². The molecule has 0 radical (unpaired) electrons. The molecule has 53 heavy (non-hydrogen) atoms. The fraction of sp³-hybridized carbons (Fsp3) is 0.0833. The largest absolute Gasteiger partial charge is 0.365 e. The van der Waals surface area contributed by atoms with Gasteiger partial charge in [-0.05, 0) is 69.3 Å². The van der Waals surface area contributed by atoms with E-state index in [1.807, 2.05) is 22.7 Å². The molecular formula is C48H33N3S2. The molecule has 252 valence electrons. The van der Waals surface area contributed by atoms with Crippen LogP contribution in [0.4, 0.5) is 5.69 Å². The lowest BCUT2D eigenvalue weighted by molar-refractivity contribution is 0.497. The molecule has 2 N–H and O–H groups in total. The van der Waals surface area contributed by atoms with Gasteiger partial charge in [0.1, 0.15) is 6.17 Å². The van der Waals surface area contributed by atoms with Gasteiger partial charge in [0.25, 0.3) is 0 Å². The second kappa shape index (κ2) is 11.4. The van der Waals surface area contributed by atoms with Gasteiger partial charge in [-0.25, -0.2) is 0 Å². The standard InChI is InChI=1S/C48H33N3S2/c1-2-13-28(14-3-1)44-47-45(34-20-9-11-24-41(34)52-47)50-48(49-44)37-27-42-43(33-19-7-6-17-31(33)37)35-21-12-23-39(46(35)53-42)51-38-22-10-8-18-32(38)36-25-29-15-4-5-16-30(29)26-40(36)51/h1-27,31,33,44,48-50H. The summed E-state index contributed by atoms with van der Waals surface area (Å²) >= 11 is 3.84. The number of benzene rings is 6. The Morgan fingerprint density at radius 3 is 2.21 bits per heavy atom. The molecule has 1 aliphatic heterocycles. The van der Waals surface area contributed by atoms with Crippen LogP contribution in [-0.4, -0.2) is 10.7 Å². The van der Waals surface area contributed by atoms with E-state index in [0.717, 1.165) is 0 Å². The summed E-state index contributed by atoms with van der Waals surface area (Å²) < 4.78 is 5.17. The summed E-state index contributed by atoms with van der Waals surface area (Å²) in [6.45, 7) is 0. The number of allylic oxidation sites excluding steroid dienone is 4. The van der Waals surface area contributed by atoms with Gasteiger partial charge < -0.3 is 9.88 Å². The Bertz CT molecular complexity index is 3050. The zero-order valence-corrected chi connectivity index (χ0v) is 30.3. The van der Waals surface area contributed by atoms with Crippen molar-refractivity contribution in [3.8, 4) is 5.69 Å². The monoisotopic (exact) mass is 715 g/mol. The second-order valence-corrected chi connectivity index (χ2v) is 16.6. The van der Waals surface area contributed by atoms with Crippen molar-refractivity contribution in [2.75, 3.05) is 5.32 Å². The van der Waals surface area contributed by atoms with Gasteiger partial charge in [0, 0.05) is 37.6 Å². The maximum Gasteiger partial charge on any atom is 0.101 e. The van der Waals surface area contributed by atoms with Crippen LogP contribution >= 0.6 is 22.7 Å². The highest BCUT2D eigenvalue weighted by Crippen LogP contribution is 2.53. The average Bonchev–Trinajstić information content (AvgIpc) is 3.89. The predicted octanol–water partition coefficient (Wildman–Crippen LogP) is 12.7. The minimum atomic E-state index is -0.0298. The molecule has 3 aliphatic rings. The number of nitrogens with zero attached hydrogens (tertiary/aromatic N) is 1. The molecule has 0 bridgehead atoms. The first-order chi connectivity index (χ1) is 26.3. The van der Waals surface area contributed by atoms with Crippen molar-refractivity contribution in [2.45, 2.75) is 18.1 Å². The summed E-state index contributed by atoms with van der Waals surface area (Å²) in [4.78, 5) is 2.71. The van der Waals surface area contributed by atoms with E-state index in [4.69, 9.17) is 0 Å². The van der Waals surface area contributed by atoms with Crippen molar-refractivity contribution in [3.63, 3.8) is 0 Å². The van der Waals surface area contributed by atoms with Gasteiger partial charge in [0.2, 0.25) is 0 Å². The summed E-state index contributed by atoms with van der Waals surface area (Å²) in [5.74, 6) is 0.488. The molecule has 6 aromatic carbocycles. The number of thiophene rings is 2. The summed E-state index contributed by atoms with van der Waals surface area (Å²) in [5.41, 5.74) is 9.14. The van der Waals surface area contributed by atoms with Crippen LogP contribution in [0.25, 0.3) is 64.5 Å². The molecule has 2 aliphatic carbocycles. The lowest BCUT2D eigenvalue weighted by Gasteiger charge is -2.40. The average molecular weight is 716 g/mol. The summed E-state index contributed by atoms with van der Waals surface area (Å²) in [6.07, 6.45) is 11.8. The van der Waals surface area contributed by atoms with Crippen LogP contribution in [0.3, 0.4) is 0 Å². The number of hydrogen-bond donors (Lipinski definition) is 2. The van der Waals surface area contributed by atoms with E-state index in [0.29, 0.717) is 0 Å². The molecule has 3 nitrogen and oxygen atoms in total. The molecule has 4 atom stereocenters. The van der Waals surface area contributed by atoms with Crippen molar-refractivity contribution in [3.05, 3.63) is 184 Å². The Morgan fingerprint density at radius 1 is 0.585 bits per heavy atom. The normalized spacial score (nSPS) is 20.5. The van der Waals surface area contributed by atoms with Gasteiger partial charge in [-0.3, -0.25) is 5.32 Å². The summed E-state index contributed by atoms with van der Waals surface area (Å²) in [5, 5.41) is 15.9. The van der Waals surface area contributed by atoms with Crippen LogP contribution in [0.2, 0.25) is 0 Å². The third kappa shape index (κ3) is 4.36. The number of hydrogen-bond acceptors (Lipinski definition) is 4. The zero-order chi connectivity index (χ0) is 34.6. The highest BCUT2D eigenvalue weighted by Gasteiger charge is 2.39. The van der Waals surface area contributed by atoms with Crippen LogP contribution in [-0.2, 0) is 0 Å². The van der Waals surface area contributed by atoms with Gasteiger partial charge in [-0.15, -0.1) is 22.7 Å². The third-order valence-corrected chi connectivity index (χ3v) is 14.1. The topological polar surface area (TPSA) is 29.0 Å². The highest BCUT2D eigenvalue weighted by atomic mass is 32.1. The van der Waals surface area contributed by atoms with E-state index >= 15 is 0 Å². The number of rotatable bonds is 3. The highest BCUT2D eigenvalue weighted by molar-refractivity contribution is 7.20. The molecule has 0 saturated heterocycles. The van der Waals surface area contributed by atoms with Crippen LogP contribution in [0.5, 0.6) is 0 Å². The molecule has 9 aromatic rings. The molecule has 0 spiro atoms. The molecule has 12 rings (SSSR count). The van der Waals surface area contributed by atoms with E-state index in [2.05, 4.69) is 179 Å². The lowest BCUT2D eigenvalue weighted by Crippen LogP contribution is -2.46. The fourth-order valence-corrected chi connectivity index (χ4v) is 11.9. The Labute approximate surface area is 314 Å². The number of aromatic nitrogens is 1. The minimum Gasteiger partial charge on any atom is -0.365 e. The van der Waals surface area contributed by atoms with Gasteiger partial charge in [0.05, 0.1) is 38.0 Å². The Hall–Kier alpha value is -5.72. The van der Waals surface area contributed by atoms with Gasteiger partial charge >= 0.3 is 0 Å². The Kier molecular flexibility index (Phi) is 6.41. The van der Waals surface area contributed by atoms with Crippen molar-refractivity contribution < 1.29 is 0 Å². The molecular weight excluding hydrogens is 683 g/mol. The van der Waals surface area contributed by atoms with E-state index < -0.39 is 0 Å². The van der Waals surface area contributed by atoms with Crippen molar-refractivity contribution in [1.29, 1.82) is 0 Å². The van der Waals surface area contributed by atoms with Crippen molar-refractivity contribution in [1.82, 2.24) is 9.88 Å². The smallest absolute Gasteiger partial charge is 0.101 e. The zero-order valence-electron chi connectivity index (χ0n) is 28.7. The van der Waals surface area contributed by atoms with Crippen LogP contribution in [0.15, 0.2) is 163 Å². The number of anilines is 1. The lowest BCUT2D eigenvalue weighted by atomic mass is 9.73. The summed E-state index contributed by atoms with van der Waals surface area (Å²) in [6, 6.07) is 49.2. The van der Waals surface area contributed by atoms with Gasteiger partial charge in [-0.1, -0.05) is 127 Å². The quantitative estimate of drug-likeness (QED) is 0.191. The minimum absolute atomic E-state index is 0.0298. The molecule has 0 amide bonds. The number of fused-ring (bicyclic) bond motifs is 12. The molecule has 4 unspecified atom stereocenters. The molecule has 4 heterocycles. The maximum absolute atomic E-state index is 4.12. The summed E-state index contributed by atoms with van der Waals surface area (Å²) in [7, 11) is 0. The molecule has 0 fully saturated rings. The predicted molar refractivity (Wildman–Crippen MR) is 227 cm³/mol. The second-order valence-electron chi connectivity index (χ2n) is 14.5. The van der Waals surface area contributed by atoms with E-state index in [1.165, 1.54) is 90.6 Å². The Balaban J connectivity index is 1.06.